The number of rotatable bonds is 6. The van der Waals surface area contributed by atoms with Crippen LogP contribution in [0, 0.1) is 5.82 Å². The highest BCUT2D eigenvalue weighted by Crippen LogP contribution is 2.13. The molecule has 0 fully saturated rings. The molecule has 5 heteroatoms. The van der Waals surface area contributed by atoms with Gasteiger partial charge >= 0.3 is 0 Å². The molecule has 20 heavy (non-hydrogen) atoms. The minimum atomic E-state index is -0.222. The first-order chi connectivity index (χ1) is 9.74. The first kappa shape index (κ1) is 14.2. The Labute approximate surface area is 118 Å². The molecule has 4 nitrogen and oxygen atoms in total. The molecule has 0 aliphatic heterocycles. The van der Waals surface area contributed by atoms with Gasteiger partial charge in [0.2, 0.25) is 5.95 Å². The zero-order chi connectivity index (χ0) is 14.4. The Hall–Kier alpha value is -2.17. The fourth-order valence-electron chi connectivity index (χ4n) is 1.97. The van der Waals surface area contributed by atoms with Gasteiger partial charge < -0.3 is 10.2 Å². The van der Waals surface area contributed by atoms with E-state index in [4.69, 9.17) is 0 Å². The molecule has 0 saturated heterocycles. The van der Waals surface area contributed by atoms with Crippen LogP contribution in [0.4, 0.5) is 16.2 Å². The van der Waals surface area contributed by atoms with Crippen LogP contribution < -0.4 is 10.2 Å². The fraction of sp³-hybridized carbons (Fsp3) is 0.333. The Bertz CT molecular complexity index is 555. The van der Waals surface area contributed by atoms with Crippen molar-refractivity contribution in [3.63, 3.8) is 0 Å². The van der Waals surface area contributed by atoms with E-state index >= 15 is 0 Å². The highest BCUT2D eigenvalue weighted by Gasteiger charge is 2.06. The summed E-state index contributed by atoms with van der Waals surface area (Å²) in [5.41, 5.74) is 0.601. The zero-order valence-corrected chi connectivity index (χ0v) is 11.8. The average molecular weight is 274 g/mol. The van der Waals surface area contributed by atoms with E-state index in [0.29, 0.717) is 18.1 Å². The molecule has 2 rings (SSSR count). The fourth-order valence-corrected chi connectivity index (χ4v) is 1.97. The molecule has 1 N–H and O–H groups in total. The van der Waals surface area contributed by atoms with Crippen molar-refractivity contribution in [2.24, 2.45) is 0 Å². The maximum absolute atomic E-state index is 13.5. The highest BCUT2D eigenvalue weighted by molar-refractivity contribution is 5.42. The number of benzene rings is 1. The van der Waals surface area contributed by atoms with Crippen molar-refractivity contribution in [2.45, 2.75) is 20.4 Å². The van der Waals surface area contributed by atoms with Crippen molar-refractivity contribution >= 4 is 11.8 Å². The van der Waals surface area contributed by atoms with E-state index in [9.17, 15) is 4.39 Å². The van der Waals surface area contributed by atoms with E-state index in [2.05, 4.69) is 34.0 Å². The third kappa shape index (κ3) is 3.44. The van der Waals surface area contributed by atoms with Gasteiger partial charge in [0, 0.05) is 31.4 Å². The summed E-state index contributed by atoms with van der Waals surface area (Å²) in [4.78, 5) is 10.7. The average Bonchev–Trinajstić information content (AvgIpc) is 2.48. The largest absolute Gasteiger partial charge is 0.357 e. The SMILES string of the molecule is CCN(CC)c1ccnc(NCc2ccccc2F)n1. The topological polar surface area (TPSA) is 41.1 Å². The van der Waals surface area contributed by atoms with Crippen LogP contribution in [0.1, 0.15) is 19.4 Å². The van der Waals surface area contributed by atoms with Crippen LogP contribution in [0.5, 0.6) is 0 Å². The van der Waals surface area contributed by atoms with Gasteiger partial charge in [0.25, 0.3) is 0 Å². The first-order valence-corrected chi connectivity index (χ1v) is 6.79. The van der Waals surface area contributed by atoms with Crippen LogP contribution in [0.15, 0.2) is 36.5 Å². The molecule has 0 bridgehead atoms. The molecule has 1 aromatic heterocycles. The number of hydrogen-bond donors (Lipinski definition) is 1. The van der Waals surface area contributed by atoms with Crippen molar-refractivity contribution in [1.82, 2.24) is 9.97 Å². The molecule has 0 aliphatic rings. The Morgan fingerprint density at radius 3 is 2.60 bits per heavy atom. The quantitative estimate of drug-likeness (QED) is 0.879. The molecule has 0 radical (unpaired) electrons. The van der Waals surface area contributed by atoms with Crippen LogP contribution in [-0.2, 0) is 6.54 Å². The standard InChI is InChI=1S/C15H19FN4/c1-3-20(4-2)14-9-10-17-15(19-14)18-11-12-7-5-6-8-13(12)16/h5-10H,3-4,11H2,1-2H3,(H,17,18,19). The molecule has 0 unspecified atom stereocenters. The number of halogens is 1. The van der Waals surface area contributed by atoms with Gasteiger partial charge in [0.1, 0.15) is 11.6 Å². The minimum Gasteiger partial charge on any atom is -0.357 e. The van der Waals surface area contributed by atoms with Gasteiger partial charge in [0.05, 0.1) is 0 Å². The van der Waals surface area contributed by atoms with E-state index in [0.717, 1.165) is 18.9 Å². The highest BCUT2D eigenvalue weighted by atomic mass is 19.1. The lowest BCUT2D eigenvalue weighted by Crippen LogP contribution is -2.23. The maximum atomic E-state index is 13.5. The summed E-state index contributed by atoms with van der Waals surface area (Å²) < 4.78 is 13.5. The van der Waals surface area contributed by atoms with E-state index < -0.39 is 0 Å². The lowest BCUT2D eigenvalue weighted by atomic mass is 10.2. The Kier molecular flexibility index (Phi) is 4.87. The second-order valence-corrected chi connectivity index (χ2v) is 4.36. The summed E-state index contributed by atoms with van der Waals surface area (Å²) in [6.45, 7) is 6.31. The van der Waals surface area contributed by atoms with Gasteiger partial charge in [-0.1, -0.05) is 18.2 Å². The van der Waals surface area contributed by atoms with Crippen LogP contribution >= 0.6 is 0 Å². The molecule has 0 spiro atoms. The molecule has 106 valence electrons. The lowest BCUT2D eigenvalue weighted by molar-refractivity contribution is 0.612. The molecule has 0 aliphatic carbocycles. The van der Waals surface area contributed by atoms with Crippen LogP contribution in [0.25, 0.3) is 0 Å². The summed E-state index contributed by atoms with van der Waals surface area (Å²) >= 11 is 0. The minimum absolute atomic E-state index is 0.222. The van der Waals surface area contributed by atoms with Crippen LogP contribution in [0.2, 0.25) is 0 Å². The van der Waals surface area contributed by atoms with Gasteiger partial charge in [-0.25, -0.2) is 9.37 Å². The zero-order valence-electron chi connectivity index (χ0n) is 11.8. The molecular formula is C15H19FN4. The summed E-state index contributed by atoms with van der Waals surface area (Å²) in [5, 5.41) is 3.06. The number of anilines is 2. The molecule has 0 amide bonds. The molecule has 0 atom stereocenters. The van der Waals surface area contributed by atoms with Gasteiger partial charge in [-0.3, -0.25) is 0 Å². The number of nitrogens with one attached hydrogen (secondary N) is 1. The molecule has 0 saturated carbocycles. The van der Waals surface area contributed by atoms with Gasteiger partial charge in [-0.05, 0) is 26.0 Å². The summed E-state index contributed by atoms with van der Waals surface area (Å²) in [5.74, 6) is 1.17. The summed E-state index contributed by atoms with van der Waals surface area (Å²) in [7, 11) is 0. The first-order valence-electron chi connectivity index (χ1n) is 6.79. The van der Waals surface area contributed by atoms with E-state index in [1.165, 1.54) is 6.07 Å². The Morgan fingerprint density at radius 2 is 1.90 bits per heavy atom. The second kappa shape index (κ2) is 6.84. The normalized spacial score (nSPS) is 10.3. The predicted molar refractivity (Wildman–Crippen MR) is 79.3 cm³/mol. The lowest BCUT2D eigenvalue weighted by Gasteiger charge is -2.19. The number of hydrogen-bond acceptors (Lipinski definition) is 4. The second-order valence-electron chi connectivity index (χ2n) is 4.36. The molecule has 1 aromatic carbocycles. The van der Waals surface area contributed by atoms with E-state index in [-0.39, 0.29) is 5.82 Å². The third-order valence-electron chi connectivity index (χ3n) is 3.12. The van der Waals surface area contributed by atoms with Crippen molar-refractivity contribution in [3.8, 4) is 0 Å². The van der Waals surface area contributed by atoms with Crippen LogP contribution in [-0.4, -0.2) is 23.1 Å². The van der Waals surface area contributed by atoms with E-state index in [1.807, 2.05) is 12.1 Å². The molecular weight excluding hydrogens is 255 g/mol. The molecule has 1 heterocycles. The summed E-state index contributed by atoms with van der Waals surface area (Å²) in [6, 6.07) is 8.56. The van der Waals surface area contributed by atoms with Crippen molar-refractivity contribution in [2.75, 3.05) is 23.3 Å². The van der Waals surface area contributed by atoms with Crippen molar-refractivity contribution in [1.29, 1.82) is 0 Å². The monoisotopic (exact) mass is 274 g/mol. The van der Waals surface area contributed by atoms with Crippen molar-refractivity contribution < 1.29 is 4.39 Å². The summed E-state index contributed by atoms with van der Waals surface area (Å²) in [6.07, 6.45) is 1.71. The predicted octanol–water partition coefficient (Wildman–Crippen LogP) is 3.07. The van der Waals surface area contributed by atoms with Gasteiger partial charge in [0.15, 0.2) is 0 Å². The smallest absolute Gasteiger partial charge is 0.224 e. The van der Waals surface area contributed by atoms with Crippen molar-refractivity contribution in [3.05, 3.63) is 47.9 Å². The van der Waals surface area contributed by atoms with E-state index in [1.54, 1.807) is 18.3 Å². The number of aromatic nitrogens is 2. The van der Waals surface area contributed by atoms with Crippen LogP contribution in [0.3, 0.4) is 0 Å². The third-order valence-corrected chi connectivity index (χ3v) is 3.12. The number of nitrogens with zero attached hydrogens (tertiary/aromatic N) is 3. The maximum Gasteiger partial charge on any atom is 0.224 e. The Morgan fingerprint density at radius 1 is 1.15 bits per heavy atom. The van der Waals surface area contributed by atoms with Gasteiger partial charge in [-0.15, -0.1) is 0 Å². The molecule has 2 aromatic rings. The van der Waals surface area contributed by atoms with Gasteiger partial charge in [-0.2, -0.15) is 4.98 Å². The Balaban J connectivity index is 2.07.